The van der Waals surface area contributed by atoms with Crippen LogP contribution in [0.2, 0.25) is 0 Å². The third-order valence-corrected chi connectivity index (χ3v) is 6.10. The number of aromatic nitrogens is 1. The van der Waals surface area contributed by atoms with Gasteiger partial charge in [0.05, 0.1) is 12.6 Å². The number of methoxy groups -OCH3 is 1. The van der Waals surface area contributed by atoms with Gasteiger partial charge in [-0.3, -0.25) is 0 Å². The van der Waals surface area contributed by atoms with Crippen molar-refractivity contribution in [3.8, 4) is 0 Å². The molecule has 0 amide bonds. The molecule has 0 aliphatic carbocycles. The van der Waals surface area contributed by atoms with Crippen molar-refractivity contribution in [3.63, 3.8) is 0 Å². The minimum atomic E-state index is -3.68. The van der Waals surface area contributed by atoms with Crippen molar-refractivity contribution in [2.45, 2.75) is 17.6 Å². The Labute approximate surface area is 115 Å². The molecule has 0 atom stereocenters. The number of esters is 1. The van der Waals surface area contributed by atoms with Crippen molar-refractivity contribution >= 4 is 27.3 Å². The molecule has 0 radical (unpaired) electrons. The van der Waals surface area contributed by atoms with Crippen LogP contribution in [0.15, 0.2) is 21.4 Å². The van der Waals surface area contributed by atoms with E-state index >= 15 is 0 Å². The lowest BCUT2D eigenvalue weighted by atomic mass is 10.1. The Balaban J connectivity index is 2.36. The Hall–Kier alpha value is -1.25. The van der Waals surface area contributed by atoms with Gasteiger partial charge in [0, 0.05) is 13.1 Å². The van der Waals surface area contributed by atoms with Gasteiger partial charge in [0.25, 0.3) is 10.0 Å². The summed E-state index contributed by atoms with van der Waals surface area (Å²) in [5.74, 6) is -0.733. The monoisotopic (exact) mass is 302 g/mol. The fourth-order valence-electron chi connectivity index (χ4n) is 1.74. The molecular formula is C11H14N2O4S2. The standard InChI is InChI=1S/C11H14N2O4S2/c1-8-3-5-13(6-4-8)19(15,16)11-9(10(14)17-2)12-7-18-11/h3,7H,4-6H2,1-2H3. The highest BCUT2D eigenvalue weighted by Crippen LogP contribution is 2.26. The second-order valence-electron chi connectivity index (χ2n) is 4.14. The van der Waals surface area contributed by atoms with E-state index in [1.165, 1.54) is 22.5 Å². The Bertz CT molecular complexity index is 618. The summed E-state index contributed by atoms with van der Waals surface area (Å²) in [7, 11) is -2.48. The van der Waals surface area contributed by atoms with Gasteiger partial charge in [-0.15, -0.1) is 11.3 Å². The Morgan fingerprint density at radius 2 is 2.26 bits per heavy atom. The summed E-state index contributed by atoms with van der Waals surface area (Å²) >= 11 is 0.932. The van der Waals surface area contributed by atoms with Crippen molar-refractivity contribution in [2.75, 3.05) is 20.2 Å². The summed E-state index contributed by atoms with van der Waals surface area (Å²) in [6.07, 6.45) is 2.57. The molecule has 2 rings (SSSR count). The first-order valence-corrected chi connectivity index (χ1v) is 7.96. The maximum atomic E-state index is 12.5. The van der Waals surface area contributed by atoms with Crippen LogP contribution in [0.1, 0.15) is 23.8 Å². The second kappa shape index (κ2) is 5.40. The molecule has 1 aliphatic rings. The maximum Gasteiger partial charge on any atom is 0.358 e. The summed E-state index contributed by atoms with van der Waals surface area (Å²) in [5, 5.41) is 0. The average Bonchev–Trinajstić information content (AvgIpc) is 2.88. The van der Waals surface area contributed by atoms with E-state index in [4.69, 9.17) is 0 Å². The molecule has 19 heavy (non-hydrogen) atoms. The molecule has 0 N–H and O–H groups in total. The van der Waals surface area contributed by atoms with Crippen LogP contribution in [-0.2, 0) is 14.8 Å². The lowest BCUT2D eigenvalue weighted by Gasteiger charge is -2.24. The summed E-state index contributed by atoms with van der Waals surface area (Å²) in [5.41, 5.74) is 2.37. The van der Waals surface area contributed by atoms with Crippen LogP contribution >= 0.6 is 11.3 Å². The zero-order valence-electron chi connectivity index (χ0n) is 10.6. The summed E-state index contributed by atoms with van der Waals surface area (Å²) in [6, 6.07) is 0. The zero-order valence-corrected chi connectivity index (χ0v) is 12.3. The molecule has 6 nitrogen and oxygen atoms in total. The lowest BCUT2D eigenvalue weighted by Crippen LogP contribution is -2.35. The van der Waals surface area contributed by atoms with E-state index in [1.807, 2.05) is 13.0 Å². The number of carbonyl (C=O) groups is 1. The molecule has 1 aromatic rings. The molecule has 1 aliphatic heterocycles. The van der Waals surface area contributed by atoms with Gasteiger partial charge in [0.1, 0.15) is 0 Å². The lowest BCUT2D eigenvalue weighted by molar-refractivity contribution is 0.0590. The molecule has 0 unspecified atom stereocenters. The van der Waals surface area contributed by atoms with E-state index in [0.717, 1.165) is 11.3 Å². The van der Waals surface area contributed by atoms with Gasteiger partial charge in [0.15, 0.2) is 9.90 Å². The van der Waals surface area contributed by atoms with Crippen LogP contribution < -0.4 is 0 Å². The van der Waals surface area contributed by atoms with Crippen molar-refractivity contribution < 1.29 is 17.9 Å². The number of thiazole rings is 1. The maximum absolute atomic E-state index is 12.5. The third-order valence-electron chi connectivity index (χ3n) is 2.89. The molecule has 0 fully saturated rings. The van der Waals surface area contributed by atoms with E-state index in [-0.39, 0.29) is 9.90 Å². The highest BCUT2D eigenvalue weighted by atomic mass is 32.2. The van der Waals surface area contributed by atoms with Crippen LogP contribution in [0.25, 0.3) is 0 Å². The van der Waals surface area contributed by atoms with E-state index in [2.05, 4.69) is 9.72 Å². The molecule has 0 saturated carbocycles. The van der Waals surface area contributed by atoms with Gasteiger partial charge in [0.2, 0.25) is 0 Å². The predicted octanol–water partition coefficient (Wildman–Crippen LogP) is 1.27. The highest BCUT2D eigenvalue weighted by Gasteiger charge is 2.32. The van der Waals surface area contributed by atoms with Gasteiger partial charge in [-0.2, -0.15) is 4.31 Å². The quantitative estimate of drug-likeness (QED) is 0.621. The number of rotatable bonds is 3. The fourth-order valence-corrected chi connectivity index (χ4v) is 4.39. The second-order valence-corrected chi connectivity index (χ2v) is 7.13. The molecule has 0 aromatic carbocycles. The van der Waals surface area contributed by atoms with Gasteiger partial charge < -0.3 is 4.74 Å². The summed E-state index contributed by atoms with van der Waals surface area (Å²) in [4.78, 5) is 15.3. The van der Waals surface area contributed by atoms with Gasteiger partial charge in [-0.25, -0.2) is 18.2 Å². The molecule has 104 valence electrons. The van der Waals surface area contributed by atoms with Crippen LogP contribution in [0.4, 0.5) is 0 Å². The van der Waals surface area contributed by atoms with Gasteiger partial charge in [-0.05, 0) is 13.3 Å². The normalized spacial score (nSPS) is 17.1. The molecule has 0 spiro atoms. The molecule has 8 heteroatoms. The Kier molecular flexibility index (Phi) is 4.02. The summed E-state index contributed by atoms with van der Waals surface area (Å²) in [6.45, 7) is 2.71. The zero-order chi connectivity index (χ0) is 14.0. The summed E-state index contributed by atoms with van der Waals surface area (Å²) < 4.78 is 30.8. The molecule has 0 saturated heterocycles. The van der Waals surface area contributed by atoms with Crippen LogP contribution in [-0.4, -0.2) is 43.9 Å². The van der Waals surface area contributed by atoms with E-state index < -0.39 is 16.0 Å². The first-order chi connectivity index (χ1) is 8.96. The number of hydrogen-bond acceptors (Lipinski definition) is 6. The molecule has 2 heterocycles. The minimum absolute atomic E-state index is 0.0488. The van der Waals surface area contributed by atoms with Crippen molar-refractivity contribution in [1.29, 1.82) is 0 Å². The van der Waals surface area contributed by atoms with Crippen molar-refractivity contribution in [2.24, 2.45) is 0 Å². The third kappa shape index (κ3) is 2.70. The smallest absolute Gasteiger partial charge is 0.358 e. The number of hydrogen-bond donors (Lipinski definition) is 0. The Morgan fingerprint density at radius 3 is 2.84 bits per heavy atom. The highest BCUT2D eigenvalue weighted by molar-refractivity contribution is 7.91. The van der Waals surface area contributed by atoms with E-state index in [9.17, 15) is 13.2 Å². The van der Waals surface area contributed by atoms with Gasteiger partial charge >= 0.3 is 5.97 Å². The van der Waals surface area contributed by atoms with Crippen molar-refractivity contribution in [1.82, 2.24) is 9.29 Å². The molecular weight excluding hydrogens is 288 g/mol. The first-order valence-electron chi connectivity index (χ1n) is 5.64. The van der Waals surface area contributed by atoms with Crippen LogP contribution in [0.3, 0.4) is 0 Å². The SMILES string of the molecule is COC(=O)c1ncsc1S(=O)(=O)N1CC=C(C)CC1. The predicted molar refractivity (Wildman–Crippen MR) is 70.6 cm³/mol. The number of carbonyl (C=O) groups excluding carboxylic acids is 1. The largest absolute Gasteiger partial charge is 0.464 e. The number of sulfonamides is 1. The number of ether oxygens (including phenoxy) is 1. The first kappa shape index (κ1) is 14.2. The number of nitrogens with zero attached hydrogens (tertiary/aromatic N) is 2. The molecule has 1 aromatic heterocycles. The van der Waals surface area contributed by atoms with Crippen LogP contribution in [0, 0.1) is 0 Å². The van der Waals surface area contributed by atoms with E-state index in [0.29, 0.717) is 19.5 Å². The van der Waals surface area contributed by atoms with E-state index in [1.54, 1.807) is 0 Å². The Morgan fingerprint density at radius 1 is 1.53 bits per heavy atom. The fraction of sp³-hybridized carbons (Fsp3) is 0.455. The minimum Gasteiger partial charge on any atom is -0.464 e. The van der Waals surface area contributed by atoms with Crippen molar-refractivity contribution in [3.05, 3.63) is 22.9 Å². The van der Waals surface area contributed by atoms with Crippen LogP contribution in [0.5, 0.6) is 0 Å². The van der Waals surface area contributed by atoms with Gasteiger partial charge in [-0.1, -0.05) is 11.6 Å². The topological polar surface area (TPSA) is 76.6 Å². The molecule has 0 bridgehead atoms. The average molecular weight is 302 g/mol.